The summed E-state index contributed by atoms with van der Waals surface area (Å²) in [6.07, 6.45) is 4.46. The van der Waals surface area contributed by atoms with Gasteiger partial charge in [0, 0.05) is 64.7 Å². The van der Waals surface area contributed by atoms with Crippen molar-refractivity contribution in [2.45, 2.75) is 44.2 Å². The Morgan fingerprint density at radius 2 is 1.79 bits per heavy atom. The van der Waals surface area contributed by atoms with Gasteiger partial charge in [-0.25, -0.2) is 4.98 Å². The van der Waals surface area contributed by atoms with E-state index in [4.69, 9.17) is 5.73 Å². The highest BCUT2D eigenvalue weighted by atomic mass is 16.2. The van der Waals surface area contributed by atoms with Crippen LogP contribution in [0.5, 0.6) is 0 Å². The van der Waals surface area contributed by atoms with Crippen LogP contribution in [0.1, 0.15) is 42.6 Å². The summed E-state index contributed by atoms with van der Waals surface area (Å²) in [5, 5.41) is 4.86. The molecule has 4 N–H and O–H groups in total. The SMILES string of the molecule is NC1CCN(C(=O)CCN2CCN(c3ccc(C(=O)NC4CCC(=O)NC4=O)nc3)CC2)CC1. The average molecular weight is 472 g/mol. The molecular weight excluding hydrogens is 438 g/mol. The zero-order chi connectivity index (χ0) is 24.1. The maximum absolute atomic E-state index is 12.4. The summed E-state index contributed by atoms with van der Waals surface area (Å²) in [6, 6.07) is 3.00. The van der Waals surface area contributed by atoms with Crippen LogP contribution in [0.15, 0.2) is 18.3 Å². The number of pyridine rings is 1. The third kappa shape index (κ3) is 6.09. The van der Waals surface area contributed by atoms with E-state index in [9.17, 15) is 19.2 Å². The molecule has 0 saturated carbocycles. The lowest BCUT2D eigenvalue weighted by molar-refractivity contribution is -0.135. The van der Waals surface area contributed by atoms with Gasteiger partial charge in [-0.3, -0.25) is 29.4 Å². The van der Waals surface area contributed by atoms with Crippen LogP contribution in [0.4, 0.5) is 5.69 Å². The topological polar surface area (TPSA) is 141 Å². The molecule has 3 saturated heterocycles. The number of rotatable bonds is 6. The van der Waals surface area contributed by atoms with Gasteiger partial charge in [0.2, 0.25) is 17.7 Å². The molecule has 3 aliphatic rings. The quantitative estimate of drug-likeness (QED) is 0.453. The molecule has 4 rings (SSSR count). The van der Waals surface area contributed by atoms with Crippen LogP contribution in [0.2, 0.25) is 0 Å². The molecule has 1 aromatic heterocycles. The van der Waals surface area contributed by atoms with Gasteiger partial charge < -0.3 is 20.9 Å². The van der Waals surface area contributed by atoms with Crippen molar-refractivity contribution in [3.05, 3.63) is 24.0 Å². The summed E-state index contributed by atoms with van der Waals surface area (Å²) < 4.78 is 0. The van der Waals surface area contributed by atoms with E-state index in [0.717, 1.165) is 64.3 Å². The second kappa shape index (κ2) is 10.9. The zero-order valence-electron chi connectivity index (χ0n) is 19.4. The van der Waals surface area contributed by atoms with Crippen LogP contribution in [-0.4, -0.2) is 96.3 Å². The number of carbonyl (C=O) groups excluding carboxylic acids is 4. The number of piperazine rings is 1. The third-order valence-corrected chi connectivity index (χ3v) is 6.80. The first-order valence-electron chi connectivity index (χ1n) is 12.0. The highest BCUT2D eigenvalue weighted by Gasteiger charge is 2.28. The van der Waals surface area contributed by atoms with E-state index in [0.29, 0.717) is 6.42 Å². The van der Waals surface area contributed by atoms with Crippen LogP contribution < -0.4 is 21.3 Å². The lowest BCUT2D eigenvalue weighted by Crippen LogP contribution is -2.52. The predicted octanol–water partition coefficient (Wildman–Crippen LogP) is -0.922. The molecule has 0 radical (unpaired) electrons. The highest BCUT2D eigenvalue weighted by molar-refractivity contribution is 6.03. The molecular formula is C23H33N7O4. The van der Waals surface area contributed by atoms with Gasteiger partial charge in [0.1, 0.15) is 11.7 Å². The second-order valence-electron chi connectivity index (χ2n) is 9.18. The van der Waals surface area contributed by atoms with Gasteiger partial charge in [0.15, 0.2) is 0 Å². The molecule has 4 heterocycles. The number of likely N-dealkylation sites (tertiary alicyclic amines) is 1. The highest BCUT2D eigenvalue weighted by Crippen LogP contribution is 2.17. The molecule has 3 aliphatic heterocycles. The molecule has 11 nitrogen and oxygen atoms in total. The minimum atomic E-state index is -0.723. The van der Waals surface area contributed by atoms with Crippen molar-refractivity contribution in [3.63, 3.8) is 0 Å². The zero-order valence-corrected chi connectivity index (χ0v) is 19.4. The largest absolute Gasteiger partial charge is 0.368 e. The number of carbonyl (C=O) groups is 4. The number of amides is 4. The van der Waals surface area contributed by atoms with Gasteiger partial charge in [0.25, 0.3) is 5.91 Å². The van der Waals surface area contributed by atoms with Crippen molar-refractivity contribution in [3.8, 4) is 0 Å². The molecule has 184 valence electrons. The van der Waals surface area contributed by atoms with Crippen molar-refractivity contribution >= 4 is 29.3 Å². The maximum atomic E-state index is 12.4. The van der Waals surface area contributed by atoms with E-state index in [-0.39, 0.29) is 36.4 Å². The second-order valence-corrected chi connectivity index (χ2v) is 9.18. The average Bonchev–Trinajstić information content (AvgIpc) is 2.85. The Balaban J connectivity index is 1.20. The Kier molecular flexibility index (Phi) is 7.73. The van der Waals surface area contributed by atoms with Gasteiger partial charge >= 0.3 is 0 Å². The van der Waals surface area contributed by atoms with Gasteiger partial charge in [-0.05, 0) is 31.4 Å². The Hall–Kier alpha value is -3.05. The molecule has 1 aromatic rings. The van der Waals surface area contributed by atoms with E-state index >= 15 is 0 Å². The number of nitrogens with one attached hydrogen (secondary N) is 2. The van der Waals surface area contributed by atoms with Crippen molar-refractivity contribution in [2.24, 2.45) is 5.73 Å². The van der Waals surface area contributed by atoms with Crippen molar-refractivity contribution in [1.82, 2.24) is 25.4 Å². The Morgan fingerprint density at radius 1 is 1.06 bits per heavy atom. The molecule has 11 heteroatoms. The van der Waals surface area contributed by atoms with Crippen LogP contribution in [0.25, 0.3) is 0 Å². The van der Waals surface area contributed by atoms with Crippen LogP contribution >= 0.6 is 0 Å². The molecule has 0 aliphatic carbocycles. The number of nitrogens with zero attached hydrogens (tertiary/aromatic N) is 4. The van der Waals surface area contributed by atoms with E-state index in [1.54, 1.807) is 12.3 Å². The number of imide groups is 1. The molecule has 1 atom stereocenters. The van der Waals surface area contributed by atoms with Crippen LogP contribution in [0, 0.1) is 0 Å². The number of hydrogen-bond acceptors (Lipinski definition) is 8. The minimum absolute atomic E-state index is 0.205. The Labute approximate surface area is 199 Å². The summed E-state index contributed by atoms with van der Waals surface area (Å²) in [5.74, 6) is -1.03. The maximum Gasteiger partial charge on any atom is 0.270 e. The molecule has 1 unspecified atom stereocenters. The Bertz CT molecular complexity index is 906. The first kappa shape index (κ1) is 24.1. The first-order valence-corrected chi connectivity index (χ1v) is 12.0. The molecule has 3 fully saturated rings. The fourth-order valence-corrected chi connectivity index (χ4v) is 4.56. The van der Waals surface area contributed by atoms with Crippen molar-refractivity contribution in [1.29, 1.82) is 0 Å². The van der Waals surface area contributed by atoms with Gasteiger partial charge in [-0.2, -0.15) is 0 Å². The first-order chi connectivity index (χ1) is 16.4. The summed E-state index contributed by atoms with van der Waals surface area (Å²) in [6.45, 7) is 5.63. The Morgan fingerprint density at radius 3 is 2.44 bits per heavy atom. The van der Waals surface area contributed by atoms with E-state index < -0.39 is 17.9 Å². The molecule has 34 heavy (non-hydrogen) atoms. The van der Waals surface area contributed by atoms with Crippen molar-refractivity contribution < 1.29 is 19.2 Å². The number of nitrogens with two attached hydrogens (primary N) is 1. The smallest absolute Gasteiger partial charge is 0.270 e. The van der Waals surface area contributed by atoms with Crippen LogP contribution in [-0.2, 0) is 14.4 Å². The molecule has 4 amide bonds. The van der Waals surface area contributed by atoms with Crippen LogP contribution in [0.3, 0.4) is 0 Å². The van der Waals surface area contributed by atoms with E-state index in [1.807, 2.05) is 11.0 Å². The van der Waals surface area contributed by atoms with Gasteiger partial charge in [0.05, 0.1) is 11.9 Å². The third-order valence-electron chi connectivity index (χ3n) is 6.80. The number of anilines is 1. The predicted molar refractivity (Wildman–Crippen MR) is 125 cm³/mol. The number of aromatic nitrogens is 1. The van der Waals surface area contributed by atoms with Crippen molar-refractivity contribution in [2.75, 3.05) is 50.7 Å². The van der Waals surface area contributed by atoms with E-state index in [1.165, 1.54) is 0 Å². The fraction of sp³-hybridized carbons (Fsp3) is 0.609. The lowest BCUT2D eigenvalue weighted by Gasteiger charge is -2.36. The minimum Gasteiger partial charge on any atom is -0.368 e. The number of hydrogen-bond donors (Lipinski definition) is 3. The molecule has 0 spiro atoms. The summed E-state index contributed by atoms with van der Waals surface area (Å²) in [4.78, 5) is 58.7. The normalized spacial score (nSPS) is 22.4. The summed E-state index contributed by atoms with van der Waals surface area (Å²) in [7, 11) is 0. The number of piperidine rings is 2. The fourth-order valence-electron chi connectivity index (χ4n) is 4.56. The lowest BCUT2D eigenvalue weighted by atomic mass is 10.1. The monoisotopic (exact) mass is 471 g/mol. The summed E-state index contributed by atoms with van der Waals surface area (Å²) >= 11 is 0. The van der Waals surface area contributed by atoms with Gasteiger partial charge in [-0.1, -0.05) is 0 Å². The molecule has 0 bridgehead atoms. The molecule has 0 aromatic carbocycles. The summed E-state index contributed by atoms with van der Waals surface area (Å²) in [5.41, 5.74) is 7.07. The standard InChI is InChI=1S/C23H33N7O4/c24-16-5-9-30(10-6-16)21(32)7-8-28-11-13-29(14-12-28)17-1-2-18(25-15-17)22(33)26-19-3-4-20(31)27-23(19)34/h1-2,15-16,19H,3-14,24H2,(H,26,33)(H,27,31,34). The van der Waals surface area contributed by atoms with E-state index in [2.05, 4.69) is 25.4 Å². The van der Waals surface area contributed by atoms with Gasteiger partial charge in [-0.15, -0.1) is 0 Å².